The van der Waals surface area contributed by atoms with E-state index in [0.717, 1.165) is 21.9 Å². The van der Waals surface area contributed by atoms with E-state index in [9.17, 15) is 10.1 Å². The SMILES string of the molecule is Cc1cccc(NC(=O)/C(C#N)=C\c2c(OCc3ccc(Cl)cc3Cl)ccc3ccccc23)c1. The molecule has 168 valence electrons. The van der Waals surface area contributed by atoms with Crippen molar-refractivity contribution >= 4 is 51.6 Å². The number of anilines is 1. The molecule has 0 aliphatic carbocycles. The van der Waals surface area contributed by atoms with Crippen molar-refractivity contribution in [2.45, 2.75) is 13.5 Å². The standard InChI is InChI=1S/C28H20Cl2N2O2/c1-18-5-4-7-23(13-18)32-28(33)21(16-31)14-25-24-8-3-2-6-19(24)10-12-27(25)34-17-20-9-11-22(29)15-26(20)30/h2-15H,17H2,1H3,(H,32,33)/b21-14-. The van der Waals surface area contributed by atoms with Gasteiger partial charge in [0.05, 0.1) is 0 Å². The van der Waals surface area contributed by atoms with Crippen molar-refractivity contribution in [2.24, 2.45) is 0 Å². The summed E-state index contributed by atoms with van der Waals surface area (Å²) in [5, 5.41) is 15.4. The summed E-state index contributed by atoms with van der Waals surface area (Å²) < 4.78 is 6.10. The van der Waals surface area contributed by atoms with E-state index >= 15 is 0 Å². The molecule has 34 heavy (non-hydrogen) atoms. The average molecular weight is 487 g/mol. The Bertz CT molecular complexity index is 1450. The second kappa shape index (κ2) is 10.4. The van der Waals surface area contributed by atoms with E-state index in [0.29, 0.717) is 27.0 Å². The Balaban J connectivity index is 1.70. The van der Waals surface area contributed by atoms with Crippen LogP contribution in [-0.4, -0.2) is 5.91 Å². The second-order valence-electron chi connectivity index (χ2n) is 7.72. The van der Waals surface area contributed by atoms with Gasteiger partial charge in [0.25, 0.3) is 5.91 Å². The number of nitriles is 1. The van der Waals surface area contributed by atoms with E-state index in [1.807, 2.05) is 67.6 Å². The number of carbonyl (C=O) groups is 1. The van der Waals surface area contributed by atoms with Gasteiger partial charge in [0.15, 0.2) is 0 Å². The van der Waals surface area contributed by atoms with Gasteiger partial charge in [0.2, 0.25) is 0 Å². The van der Waals surface area contributed by atoms with Crippen molar-refractivity contribution in [3.05, 3.63) is 111 Å². The monoisotopic (exact) mass is 486 g/mol. The number of halogens is 2. The summed E-state index contributed by atoms with van der Waals surface area (Å²) >= 11 is 12.3. The number of aryl methyl sites for hydroxylation is 1. The average Bonchev–Trinajstić information content (AvgIpc) is 2.82. The van der Waals surface area contributed by atoms with E-state index in [2.05, 4.69) is 5.32 Å². The van der Waals surface area contributed by atoms with Crippen molar-refractivity contribution in [1.82, 2.24) is 0 Å². The molecule has 4 aromatic carbocycles. The number of benzene rings is 4. The first-order valence-corrected chi connectivity index (χ1v) is 11.3. The minimum Gasteiger partial charge on any atom is -0.488 e. The molecule has 0 saturated heterocycles. The molecule has 0 aliphatic heterocycles. The van der Waals surface area contributed by atoms with Crippen LogP contribution in [0.15, 0.2) is 84.4 Å². The third-order valence-corrected chi connectivity index (χ3v) is 5.85. The largest absolute Gasteiger partial charge is 0.488 e. The second-order valence-corrected chi connectivity index (χ2v) is 8.56. The Morgan fingerprint density at radius 1 is 1.03 bits per heavy atom. The van der Waals surface area contributed by atoms with Gasteiger partial charge in [-0.3, -0.25) is 4.79 Å². The maximum Gasteiger partial charge on any atom is 0.266 e. The first-order valence-electron chi connectivity index (χ1n) is 10.5. The van der Waals surface area contributed by atoms with Gasteiger partial charge in [-0.15, -0.1) is 0 Å². The van der Waals surface area contributed by atoms with Gasteiger partial charge in [-0.05, 0) is 59.7 Å². The molecule has 0 spiro atoms. The van der Waals surface area contributed by atoms with Gasteiger partial charge in [-0.25, -0.2) is 0 Å². The summed E-state index contributed by atoms with van der Waals surface area (Å²) in [5.74, 6) is 0.0357. The highest BCUT2D eigenvalue weighted by Crippen LogP contribution is 2.32. The summed E-state index contributed by atoms with van der Waals surface area (Å²) in [6, 6.07) is 26.1. The minimum atomic E-state index is -0.493. The number of fused-ring (bicyclic) bond motifs is 1. The van der Waals surface area contributed by atoms with Gasteiger partial charge >= 0.3 is 0 Å². The molecule has 1 N–H and O–H groups in total. The molecule has 0 unspecified atom stereocenters. The van der Waals surface area contributed by atoms with Crippen molar-refractivity contribution in [2.75, 3.05) is 5.32 Å². The molecule has 4 aromatic rings. The molecular formula is C28H20Cl2N2O2. The lowest BCUT2D eigenvalue weighted by molar-refractivity contribution is -0.112. The molecule has 0 bridgehead atoms. The van der Waals surface area contributed by atoms with Crippen LogP contribution in [0.3, 0.4) is 0 Å². The summed E-state index contributed by atoms with van der Waals surface area (Å²) in [6.07, 6.45) is 1.56. The zero-order valence-electron chi connectivity index (χ0n) is 18.3. The molecule has 1 amide bonds. The molecule has 4 rings (SSSR count). The van der Waals surface area contributed by atoms with Gasteiger partial charge < -0.3 is 10.1 Å². The number of ether oxygens (including phenoxy) is 1. The molecule has 6 heteroatoms. The van der Waals surface area contributed by atoms with Crippen molar-refractivity contribution in [3.63, 3.8) is 0 Å². The highest BCUT2D eigenvalue weighted by Gasteiger charge is 2.14. The third kappa shape index (κ3) is 5.40. The van der Waals surface area contributed by atoms with Crippen LogP contribution in [0.5, 0.6) is 5.75 Å². The van der Waals surface area contributed by atoms with Gasteiger partial charge in [0, 0.05) is 26.9 Å². The number of carbonyl (C=O) groups excluding carboxylic acids is 1. The zero-order chi connectivity index (χ0) is 24.1. The number of hydrogen-bond acceptors (Lipinski definition) is 3. The first kappa shape index (κ1) is 23.4. The predicted molar refractivity (Wildman–Crippen MR) is 138 cm³/mol. The smallest absolute Gasteiger partial charge is 0.266 e. The summed E-state index contributed by atoms with van der Waals surface area (Å²) in [4.78, 5) is 12.9. The van der Waals surface area contributed by atoms with Crippen LogP contribution in [0.25, 0.3) is 16.8 Å². The fraction of sp³-hybridized carbons (Fsp3) is 0.0714. The van der Waals surface area contributed by atoms with E-state index in [-0.39, 0.29) is 12.2 Å². The Kier molecular flexibility index (Phi) is 7.18. The topological polar surface area (TPSA) is 62.1 Å². The van der Waals surface area contributed by atoms with Crippen molar-refractivity contribution < 1.29 is 9.53 Å². The number of nitrogens with one attached hydrogen (secondary N) is 1. The molecular weight excluding hydrogens is 467 g/mol. The Morgan fingerprint density at radius 2 is 1.85 bits per heavy atom. The van der Waals surface area contributed by atoms with Gasteiger partial charge in [-0.1, -0.05) is 71.7 Å². The third-order valence-electron chi connectivity index (χ3n) is 5.26. The normalized spacial score (nSPS) is 11.2. The number of rotatable bonds is 6. The van der Waals surface area contributed by atoms with E-state index in [4.69, 9.17) is 27.9 Å². The summed E-state index contributed by atoms with van der Waals surface area (Å²) in [5.41, 5.74) is 3.00. The number of hydrogen-bond donors (Lipinski definition) is 1. The zero-order valence-corrected chi connectivity index (χ0v) is 19.8. The Hall–Kier alpha value is -3.78. The van der Waals surface area contributed by atoms with E-state index in [1.54, 1.807) is 30.3 Å². The predicted octanol–water partition coefficient (Wildman–Crippen LogP) is 7.58. The molecule has 4 nitrogen and oxygen atoms in total. The fourth-order valence-corrected chi connectivity index (χ4v) is 4.02. The van der Waals surface area contributed by atoms with Crippen LogP contribution < -0.4 is 10.1 Å². The Morgan fingerprint density at radius 3 is 2.62 bits per heavy atom. The highest BCUT2D eigenvalue weighted by atomic mass is 35.5. The number of amides is 1. The van der Waals surface area contributed by atoms with Gasteiger partial charge in [0.1, 0.15) is 24.0 Å². The maximum atomic E-state index is 12.9. The van der Waals surface area contributed by atoms with E-state index in [1.165, 1.54) is 0 Å². The molecule has 0 radical (unpaired) electrons. The van der Waals surface area contributed by atoms with Crippen LogP contribution in [0.1, 0.15) is 16.7 Å². The quantitative estimate of drug-likeness (QED) is 0.225. The lowest BCUT2D eigenvalue weighted by atomic mass is 10.0. The van der Waals surface area contributed by atoms with Crippen LogP contribution in [0.2, 0.25) is 10.0 Å². The van der Waals surface area contributed by atoms with Crippen LogP contribution >= 0.6 is 23.2 Å². The van der Waals surface area contributed by atoms with E-state index < -0.39 is 5.91 Å². The maximum absolute atomic E-state index is 12.9. The van der Waals surface area contributed by atoms with Crippen LogP contribution in [0.4, 0.5) is 5.69 Å². The minimum absolute atomic E-state index is 0.0350. The lowest BCUT2D eigenvalue weighted by Crippen LogP contribution is -2.13. The molecule has 0 aromatic heterocycles. The Labute approximate surface area is 208 Å². The summed E-state index contributed by atoms with van der Waals surface area (Å²) in [6.45, 7) is 2.13. The van der Waals surface area contributed by atoms with Gasteiger partial charge in [-0.2, -0.15) is 5.26 Å². The van der Waals surface area contributed by atoms with Crippen LogP contribution in [0, 0.1) is 18.3 Å². The molecule has 0 atom stereocenters. The van der Waals surface area contributed by atoms with Crippen molar-refractivity contribution in [1.29, 1.82) is 5.26 Å². The van der Waals surface area contributed by atoms with Crippen LogP contribution in [-0.2, 0) is 11.4 Å². The first-order chi connectivity index (χ1) is 16.4. The number of nitrogens with zero attached hydrogens (tertiary/aromatic N) is 1. The highest BCUT2D eigenvalue weighted by molar-refractivity contribution is 6.35. The lowest BCUT2D eigenvalue weighted by Gasteiger charge is -2.14. The molecule has 0 aliphatic rings. The fourth-order valence-electron chi connectivity index (χ4n) is 3.56. The molecule has 0 fully saturated rings. The summed E-state index contributed by atoms with van der Waals surface area (Å²) in [7, 11) is 0. The molecule has 0 saturated carbocycles. The van der Waals surface area contributed by atoms with Crippen molar-refractivity contribution in [3.8, 4) is 11.8 Å². The molecule has 0 heterocycles.